The Morgan fingerprint density at radius 3 is 2.42 bits per heavy atom. The standard InChI is InChI=1S/C17H22F2N2O4S/c1-12(25-11-13-2-3-13)17(22)20-6-8-21(9-7-20)26(23,24)14-4-5-15(18)16(19)10-14/h4-5,10,12-13H,2-3,6-9,11H2,1H3. The predicted molar refractivity (Wildman–Crippen MR) is 89.8 cm³/mol. The van der Waals surface area contributed by atoms with Crippen LogP contribution in [0.4, 0.5) is 8.78 Å². The number of carbonyl (C=O) groups excluding carboxylic acids is 1. The minimum absolute atomic E-state index is 0.0996. The first-order valence-electron chi connectivity index (χ1n) is 8.64. The lowest BCUT2D eigenvalue weighted by Gasteiger charge is -2.35. The van der Waals surface area contributed by atoms with Crippen LogP contribution in [0.5, 0.6) is 0 Å². The number of amides is 1. The molecule has 0 aromatic heterocycles. The molecule has 6 nitrogen and oxygen atoms in total. The van der Waals surface area contributed by atoms with E-state index >= 15 is 0 Å². The van der Waals surface area contributed by atoms with E-state index in [1.54, 1.807) is 11.8 Å². The maximum Gasteiger partial charge on any atom is 0.251 e. The molecule has 0 spiro atoms. The number of halogens is 2. The van der Waals surface area contributed by atoms with Gasteiger partial charge in [-0.25, -0.2) is 17.2 Å². The fourth-order valence-electron chi connectivity index (χ4n) is 2.83. The van der Waals surface area contributed by atoms with Crippen LogP contribution in [0.1, 0.15) is 19.8 Å². The summed E-state index contributed by atoms with van der Waals surface area (Å²) < 4.78 is 58.2. The molecule has 1 saturated heterocycles. The summed E-state index contributed by atoms with van der Waals surface area (Å²) in [6, 6.07) is 2.51. The quantitative estimate of drug-likeness (QED) is 0.743. The molecule has 1 atom stereocenters. The molecule has 0 bridgehead atoms. The van der Waals surface area contributed by atoms with Gasteiger partial charge in [-0.2, -0.15) is 4.31 Å². The molecule has 0 N–H and O–H groups in total. The van der Waals surface area contributed by atoms with Crippen LogP contribution < -0.4 is 0 Å². The summed E-state index contributed by atoms with van der Waals surface area (Å²) in [5.41, 5.74) is 0. The molecule has 2 aliphatic rings. The lowest BCUT2D eigenvalue weighted by Crippen LogP contribution is -2.52. The van der Waals surface area contributed by atoms with Gasteiger partial charge in [-0.05, 0) is 43.9 Å². The second-order valence-electron chi connectivity index (χ2n) is 6.72. The van der Waals surface area contributed by atoms with Gasteiger partial charge in [0.05, 0.1) is 11.5 Å². The van der Waals surface area contributed by atoms with Crippen LogP contribution in [0.2, 0.25) is 0 Å². The maximum atomic E-state index is 13.3. The molecule has 1 aromatic carbocycles. The summed E-state index contributed by atoms with van der Waals surface area (Å²) in [5.74, 6) is -1.90. The van der Waals surface area contributed by atoms with Crippen molar-refractivity contribution in [2.24, 2.45) is 5.92 Å². The summed E-state index contributed by atoms with van der Waals surface area (Å²) in [7, 11) is -3.93. The number of benzene rings is 1. The van der Waals surface area contributed by atoms with E-state index in [0.717, 1.165) is 25.0 Å². The van der Waals surface area contributed by atoms with Crippen LogP contribution >= 0.6 is 0 Å². The summed E-state index contributed by atoms with van der Waals surface area (Å²) in [6.07, 6.45) is 1.73. The van der Waals surface area contributed by atoms with Gasteiger partial charge in [0.1, 0.15) is 6.10 Å². The van der Waals surface area contributed by atoms with Crippen LogP contribution in [0.15, 0.2) is 23.1 Å². The molecule has 1 heterocycles. The van der Waals surface area contributed by atoms with Gasteiger partial charge in [-0.1, -0.05) is 0 Å². The lowest BCUT2D eigenvalue weighted by atomic mass is 10.3. The van der Waals surface area contributed by atoms with Crippen molar-refractivity contribution >= 4 is 15.9 Å². The number of piperazine rings is 1. The van der Waals surface area contributed by atoms with E-state index in [-0.39, 0.29) is 37.0 Å². The van der Waals surface area contributed by atoms with E-state index in [4.69, 9.17) is 4.74 Å². The number of carbonyl (C=O) groups is 1. The number of sulfonamides is 1. The highest BCUT2D eigenvalue weighted by molar-refractivity contribution is 7.89. The van der Waals surface area contributed by atoms with Gasteiger partial charge in [0, 0.05) is 26.2 Å². The zero-order valence-corrected chi connectivity index (χ0v) is 15.3. The monoisotopic (exact) mass is 388 g/mol. The number of nitrogens with zero attached hydrogens (tertiary/aromatic N) is 2. The Hall–Kier alpha value is -1.58. The Morgan fingerprint density at radius 1 is 1.19 bits per heavy atom. The third kappa shape index (κ3) is 4.21. The summed E-state index contributed by atoms with van der Waals surface area (Å²) in [5, 5.41) is 0. The van der Waals surface area contributed by atoms with Crippen molar-refractivity contribution in [1.29, 1.82) is 0 Å². The Morgan fingerprint density at radius 2 is 1.85 bits per heavy atom. The van der Waals surface area contributed by atoms with Crippen LogP contribution in [0, 0.1) is 17.6 Å². The normalized spacial score (nSPS) is 20.2. The van der Waals surface area contributed by atoms with E-state index < -0.39 is 27.8 Å². The van der Waals surface area contributed by atoms with Crippen molar-refractivity contribution < 1.29 is 26.7 Å². The molecule has 26 heavy (non-hydrogen) atoms. The summed E-state index contributed by atoms with van der Waals surface area (Å²) >= 11 is 0. The van der Waals surface area contributed by atoms with E-state index in [1.807, 2.05) is 0 Å². The zero-order chi connectivity index (χ0) is 18.9. The SMILES string of the molecule is CC(OCC1CC1)C(=O)N1CCN(S(=O)(=O)c2ccc(F)c(F)c2)CC1. The van der Waals surface area contributed by atoms with Gasteiger partial charge in [0.15, 0.2) is 11.6 Å². The highest BCUT2D eigenvalue weighted by atomic mass is 32.2. The molecule has 1 aromatic rings. The Balaban J connectivity index is 1.58. The average Bonchev–Trinajstić information content (AvgIpc) is 3.45. The second-order valence-corrected chi connectivity index (χ2v) is 8.66. The van der Waals surface area contributed by atoms with Gasteiger partial charge in [-0.15, -0.1) is 0 Å². The first-order valence-corrected chi connectivity index (χ1v) is 10.1. The Labute approximate surface area is 151 Å². The van der Waals surface area contributed by atoms with Crippen molar-refractivity contribution in [3.8, 4) is 0 Å². The van der Waals surface area contributed by atoms with Crippen molar-refractivity contribution in [2.45, 2.75) is 30.8 Å². The van der Waals surface area contributed by atoms with Gasteiger partial charge in [0.25, 0.3) is 5.91 Å². The zero-order valence-electron chi connectivity index (χ0n) is 14.5. The topological polar surface area (TPSA) is 66.9 Å². The molecule has 1 unspecified atom stereocenters. The smallest absolute Gasteiger partial charge is 0.251 e. The molecule has 1 amide bonds. The maximum absolute atomic E-state index is 13.3. The fourth-order valence-corrected chi connectivity index (χ4v) is 4.26. The summed E-state index contributed by atoms with van der Waals surface area (Å²) in [4.78, 5) is 13.7. The van der Waals surface area contributed by atoms with Crippen molar-refractivity contribution in [3.63, 3.8) is 0 Å². The highest BCUT2D eigenvalue weighted by Crippen LogP contribution is 2.29. The molecular weight excluding hydrogens is 366 g/mol. The number of hydrogen-bond donors (Lipinski definition) is 0. The average molecular weight is 388 g/mol. The molecule has 1 aliphatic carbocycles. The van der Waals surface area contributed by atoms with E-state index in [0.29, 0.717) is 18.6 Å². The van der Waals surface area contributed by atoms with Gasteiger partial charge in [-0.3, -0.25) is 4.79 Å². The van der Waals surface area contributed by atoms with E-state index in [9.17, 15) is 22.0 Å². The largest absolute Gasteiger partial charge is 0.368 e. The molecule has 144 valence electrons. The highest BCUT2D eigenvalue weighted by Gasteiger charge is 2.32. The molecule has 1 aliphatic heterocycles. The van der Waals surface area contributed by atoms with Crippen LogP contribution in [0.25, 0.3) is 0 Å². The molecule has 1 saturated carbocycles. The summed E-state index contributed by atoms with van der Waals surface area (Å²) in [6.45, 7) is 2.95. The molecule has 2 fully saturated rings. The Kier molecular flexibility index (Phi) is 5.59. The van der Waals surface area contributed by atoms with Crippen LogP contribution in [-0.4, -0.2) is 62.4 Å². The lowest BCUT2D eigenvalue weighted by molar-refractivity contribution is -0.144. The predicted octanol–water partition coefficient (Wildman–Crippen LogP) is 1.61. The first-order chi connectivity index (χ1) is 12.3. The van der Waals surface area contributed by atoms with Gasteiger partial charge in [0.2, 0.25) is 10.0 Å². The molecular formula is C17H22F2N2O4S. The van der Waals surface area contributed by atoms with Crippen molar-refractivity contribution in [2.75, 3.05) is 32.8 Å². The Bertz CT molecular complexity index is 775. The second kappa shape index (κ2) is 7.58. The van der Waals surface area contributed by atoms with Gasteiger partial charge < -0.3 is 9.64 Å². The van der Waals surface area contributed by atoms with E-state index in [2.05, 4.69) is 0 Å². The van der Waals surface area contributed by atoms with Crippen LogP contribution in [-0.2, 0) is 19.6 Å². The third-order valence-electron chi connectivity index (χ3n) is 4.71. The number of rotatable bonds is 6. The molecule has 9 heteroatoms. The van der Waals surface area contributed by atoms with Crippen molar-refractivity contribution in [3.05, 3.63) is 29.8 Å². The number of hydrogen-bond acceptors (Lipinski definition) is 4. The minimum Gasteiger partial charge on any atom is -0.368 e. The van der Waals surface area contributed by atoms with E-state index in [1.165, 1.54) is 4.31 Å². The van der Waals surface area contributed by atoms with Gasteiger partial charge >= 0.3 is 0 Å². The molecule has 0 radical (unpaired) electrons. The third-order valence-corrected chi connectivity index (χ3v) is 6.60. The fraction of sp³-hybridized carbons (Fsp3) is 0.588. The molecule has 3 rings (SSSR count). The van der Waals surface area contributed by atoms with Crippen LogP contribution in [0.3, 0.4) is 0 Å². The van der Waals surface area contributed by atoms with Crippen molar-refractivity contribution in [1.82, 2.24) is 9.21 Å². The number of ether oxygens (including phenoxy) is 1. The minimum atomic E-state index is -3.93. The first kappa shape index (κ1) is 19.2.